The maximum absolute atomic E-state index is 4.62. The summed E-state index contributed by atoms with van der Waals surface area (Å²) in [6.45, 7) is 2.12. The largest absolute Gasteiger partial charge is 0.308 e. The normalized spacial score (nSPS) is 12.4. The van der Waals surface area contributed by atoms with Gasteiger partial charge in [-0.15, -0.1) is 11.3 Å². The average Bonchev–Trinajstić information content (AvgIpc) is 3.49. The highest BCUT2D eigenvalue weighted by molar-refractivity contribution is 7.26. The molecule has 3 heteroatoms. The zero-order chi connectivity index (χ0) is 21.7. The molecule has 4 heterocycles. The zero-order valence-corrected chi connectivity index (χ0v) is 18.8. The molecule has 0 bridgehead atoms. The van der Waals surface area contributed by atoms with Crippen LogP contribution in [0.5, 0.6) is 0 Å². The van der Waals surface area contributed by atoms with E-state index in [2.05, 4.69) is 95.2 Å². The summed E-state index contributed by atoms with van der Waals surface area (Å²) in [5.74, 6) is 0. The molecule has 0 unspecified atom stereocenters. The van der Waals surface area contributed by atoms with E-state index < -0.39 is 0 Å². The van der Waals surface area contributed by atoms with Crippen LogP contribution < -0.4 is 0 Å². The van der Waals surface area contributed by atoms with E-state index in [-0.39, 0.29) is 0 Å². The molecule has 0 atom stereocenters. The number of benzene rings is 4. The number of hydrogen-bond acceptors (Lipinski definition) is 2. The molecule has 0 saturated heterocycles. The van der Waals surface area contributed by atoms with Crippen molar-refractivity contribution in [2.75, 3.05) is 0 Å². The summed E-state index contributed by atoms with van der Waals surface area (Å²) in [5.41, 5.74) is 7.28. The Hall–Kier alpha value is -3.95. The molecule has 154 valence electrons. The molecule has 8 rings (SSSR count). The van der Waals surface area contributed by atoms with Crippen molar-refractivity contribution in [2.24, 2.45) is 0 Å². The number of hydrogen-bond donors (Lipinski definition) is 0. The Bertz CT molecular complexity index is 2040. The van der Waals surface area contributed by atoms with E-state index in [0.717, 1.165) is 11.3 Å². The van der Waals surface area contributed by atoms with Crippen molar-refractivity contribution in [3.8, 4) is 11.3 Å². The van der Waals surface area contributed by atoms with Crippen LogP contribution in [0.2, 0.25) is 0 Å². The van der Waals surface area contributed by atoms with Gasteiger partial charge in [-0.25, -0.2) is 0 Å². The first-order valence-corrected chi connectivity index (χ1v) is 12.0. The fraction of sp³-hybridized carbons (Fsp3) is 0.0333. The maximum Gasteiger partial charge on any atom is 0.0704 e. The predicted octanol–water partition coefficient (Wildman–Crippen LogP) is 8.58. The summed E-state index contributed by atoms with van der Waals surface area (Å²) in [5, 5.41) is 8.04. The smallest absolute Gasteiger partial charge is 0.0704 e. The lowest BCUT2D eigenvalue weighted by molar-refractivity contribution is 1.29. The second-order valence-electron chi connectivity index (χ2n) is 8.92. The van der Waals surface area contributed by atoms with E-state index in [9.17, 15) is 0 Å². The number of pyridine rings is 1. The number of rotatable bonds is 1. The summed E-state index contributed by atoms with van der Waals surface area (Å²) in [6, 6.07) is 31.1. The minimum absolute atomic E-state index is 1.03. The molecule has 0 N–H and O–H groups in total. The fourth-order valence-corrected chi connectivity index (χ4v) is 6.75. The molecule has 0 fully saturated rings. The van der Waals surface area contributed by atoms with Crippen LogP contribution in [0.3, 0.4) is 0 Å². The van der Waals surface area contributed by atoms with Gasteiger partial charge in [0.2, 0.25) is 0 Å². The number of para-hydroxylation sites is 1. The first-order valence-electron chi connectivity index (χ1n) is 11.2. The molecule has 0 aliphatic carbocycles. The van der Waals surface area contributed by atoms with Crippen molar-refractivity contribution < 1.29 is 0 Å². The van der Waals surface area contributed by atoms with Crippen LogP contribution in [0.1, 0.15) is 5.56 Å². The summed E-state index contributed by atoms with van der Waals surface area (Å²) >= 11 is 1.89. The van der Waals surface area contributed by atoms with E-state index >= 15 is 0 Å². The average molecular weight is 439 g/mol. The van der Waals surface area contributed by atoms with Gasteiger partial charge in [0, 0.05) is 53.5 Å². The van der Waals surface area contributed by atoms with Gasteiger partial charge in [-0.1, -0.05) is 42.5 Å². The summed E-state index contributed by atoms with van der Waals surface area (Å²) in [7, 11) is 0. The molecule has 4 aromatic carbocycles. The number of fused-ring (bicyclic) bond motifs is 10. The molecule has 0 radical (unpaired) electrons. The number of nitrogens with zero attached hydrogens (tertiary/aromatic N) is 2. The second-order valence-corrected chi connectivity index (χ2v) is 10.0. The first-order chi connectivity index (χ1) is 16.3. The molecule has 0 spiro atoms. The third kappa shape index (κ3) is 2.20. The van der Waals surface area contributed by atoms with Crippen molar-refractivity contribution in [3.05, 3.63) is 96.7 Å². The second kappa shape index (κ2) is 6.09. The number of aryl methyl sites for hydroxylation is 1. The van der Waals surface area contributed by atoms with Crippen LogP contribution in [0, 0.1) is 6.92 Å². The molecular formula is C30H18N2S. The zero-order valence-electron chi connectivity index (χ0n) is 18.0. The minimum Gasteiger partial charge on any atom is -0.308 e. The van der Waals surface area contributed by atoms with Crippen LogP contribution in [0.4, 0.5) is 0 Å². The van der Waals surface area contributed by atoms with E-state index in [0.29, 0.717) is 0 Å². The summed E-state index contributed by atoms with van der Waals surface area (Å²) in [4.78, 5) is 4.62. The Morgan fingerprint density at radius 3 is 2.45 bits per heavy atom. The molecule has 2 nitrogen and oxygen atoms in total. The Morgan fingerprint density at radius 1 is 0.667 bits per heavy atom. The molecule has 0 saturated carbocycles. The molecule has 0 aliphatic heterocycles. The van der Waals surface area contributed by atoms with Gasteiger partial charge in [0.25, 0.3) is 0 Å². The van der Waals surface area contributed by atoms with Crippen molar-refractivity contribution in [3.63, 3.8) is 0 Å². The summed E-state index contributed by atoms with van der Waals surface area (Å²) in [6.07, 6.45) is 1.89. The van der Waals surface area contributed by atoms with Crippen LogP contribution in [0.15, 0.2) is 91.1 Å². The fourth-order valence-electron chi connectivity index (χ4n) is 5.64. The van der Waals surface area contributed by atoms with Crippen molar-refractivity contribution >= 4 is 69.6 Å². The van der Waals surface area contributed by atoms with Crippen LogP contribution in [-0.4, -0.2) is 9.38 Å². The van der Waals surface area contributed by atoms with Crippen LogP contribution >= 0.6 is 11.3 Å². The lowest BCUT2D eigenvalue weighted by Gasteiger charge is -2.04. The van der Waals surface area contributed by atoms with Gasteiger partial charge in [-0.3, -0.25) is 4.98 Å². The van der Waals surface area contributed by atoms with Gasteiger partial charge in [0.1, 0.15) is 0 Å². The SMILES string of the molecule is Cc1ccnc(-c2ccc3c(c2)c2cccc4c5c6c(ccc5n3c24)sc2ccccc26)c1. The Kier molecular flexibility index (Phi) is 3.25. The molecule has 0 amide bonds. The van der Waals surface area contributed by atoms with E-state index in [4.69, 9.17) is 0 Å². The van der Waals surface area contributed by atoms with E-state index in [1.807, 2.05) is 23.6 Å². The van der Waals surface area contributed by atoms with Crippen molar-refractivity contribution in [1.82, 2.24) is 9.38 Å². The van der Waals surface area contributed by atoms with Gasteiger partial charge >= 0.3 is 0 Å². The topological polar surface area (TPSA) is 17.3 Å². The monoisotopic (exact) mass is 438 g/mol. The third-order valence-corrected chi connectivity index (χ3v) is 8.17. The van der Waals surface area contributed by atoms with Gasteiger partial charge in [0.05, 0.1) is 22.2 Å². The quantitative estimate of drug-likeness (QED) is 0.251. The predicted molar refractivity (Wildman–Crippen MR) is 142 cm³/mol. The molecule has 33 heavy (non-hydrogen) atoms. The molecular weight excluding hydrogens is 420 g/mol. The summed E-state index contributed by atoms with van der Waals surface area (Å²) < 4.78 is 5.17. The third-order valence-electron chi connectivity index (χ3n) is 7.03. The highest BCUT2D eigenvalue weighted by Crippen LogP contribution is 2.45. The maximum atomic E-state index is 4.62. The van der Waals surface area contributed by atoms with Gasteiger partial charge in [-0.05, 0) is 55.0 Å². The number of aromatic nitrogens is 2. The lowest BCUT2D eigenvalue weighted by atomic mass is 10.0. The van der Waals surface area contributed by atoms with E-state index in [1.165, 1.54) is 63.8 Å². The van der Waals surface area contributed by atoms with Crippen molar-refractivity contribution in [2.45, 2.75) is 6.92 Å². The number of thiophene rings is 1. The highest BCUT2D eigenvalue weighted by atomic mass is 32.1. The molecule has 4 aromatic heterocycles. The standard InChI is InChI=1S/C30H18N2S/c1-17-13-14-31-23(15-17)18-9-10-24-22(16-18)19-6-4-7-21-28-25(32(24)30(19)21)11-12-27-29(28)20-5-2-3-8-26(20)33-27/h2-16H,1H3. The molecule has 8 aromatic rings. The van der Waals surface area contributed by atoms with Gasteiger partial charge in [-0.2, -0.15) is 0 Å². The first kappa shape index (κ1) is 17.6. The Labute approximate surface area is 193 Å². The van der Waals surface area contributed by atoms with Crippen LogP contribution in [-0.2, 0) is 0 Å². The molecule has 0 aliphatic rings. The van der Waals surface area contributed by atoms with Crippen LogP contribution in [0.25, 0.3) is 69.5 Å². The van der Waals surface area contributed by atoms with Crippen molar-refractivity contribution in [1.29, 1.82) is 0 Å². The Morgan fingerprint density at radius 2 is 1.52 bits per heavy atom. The minimum atomic E-state index is 1.03. The Balaban J connectivity index is 1.56. The van der Waals surface area contributed by atoms with Gasteiger partial charge < -0.3 is 4.40 Å². The highest BCUT2D eigenvalue weighted by Gasteiger charge is 2.20. The lowest BCUT2D eigenvalue weighted by Crippen LogP contribution is -1.85. The van der Waals surface area contributed by atoms with E-state index in [1.54, 1.807) is 0 Å². The van der Waals surface area contributed by atoms with Gasteiger partial charge in [0.15, 0.2) is 0 Å².